The molecule has 0 aliphatic heterocycles. The summed E-state index contributed by atoms with van der Waals surface area (Å²) in [6.07, 6.45) is 0. The number of rotatable bonds is 4. The number of thiophene rings is 1. The summed E-state index contributed by atoms with van der Waals surface area (Å²) in [6, 6.07) is 8.92. The van der Waals surface area contributed by atoms with Crippen molar-refractivity contribution in [2.45, 2.75) is 17.1 Å². The fourth-order valence-electron chi connectivity index (χ4n) is 1.53. The Bertz CT molecular complexity index is 689. The summed E-state index contributed by atoms with van der Waals surface area (Å²) in [5.41, 5.74) is 0.460. The number of anilines is 1. The molecule has 0 aliphatic carbocycles. The molecule has 0 saturated heterocycles. The molecule has 0 bridgehead atoms. The highest BCUT2D eigenvalue weighted by atomic mass is 35.5. The van der Waals surface area contributed by atoms with E-state index in [1.54, 1.807) is 36.6 Å². The zero-order valence-corrected chi connectivity index (χ0v) is 14.0. The molecule has 108 valence electrons. The van der Waals surface area contributed by atoms with Crippen LogP contribution in [0.1, 0.15) is 12.5 Å². The van der Waals surface area contributed by atoms with Crippen molar-refractivity contribution in [3.63, 3.8) is 0 Å². The van der Waals surface area contributed by atoms with E-state index in [-0.39, 0.29) is 5.91 Å². The molecule has 1 N–H and O–H groups in total. The van der Waals surface area contributed by atoms with Crippen molar-refractivity contribution in [3.05, 3.63) is 45.3 Å². The van der Waals surface area contributed by atoms with Gasteiger partial charge in [0.1, 0.15) is 11.1 Å². The number of carbonyl (C=O) groups is 1. The maximum absolute atomic E-state index is 12.2. The summed E-state index contributed by atoms with van der Waals surface area (Å²) >= 11 is 14.8. The van der Waals surface area contributed by atoms with Crippen LogP contribution in [0.25, 0.3) is 0 Å². The second-order valence-corrected chi connectivity index (χ2v) is 7.16. The van der Waals surface area contributed by atoms with Gasteiger partial charge >= 0.3 is 0 Å². The Morgan fingerprint density at radius 1 is 1.38 bits per heavy atom. The lowest BCUT2D eigenvalue weighted by Crippen LogP contribution is -2.22. The lowest BCUT2D eigenvalue weighted by molar-refractivity contribution is -0.115. The molecule has 7 heteroatoms. The molecule has 0 spiro atoms. The van der Waals surface area contributed by atoms with Gasteiger partial charge < -0.3 is 5.32 Å². The van der Waals surface area contributed by atoms with E-state index in [1.807, 2.05) is 6.07 Å². The molecule has 2 aromatic rings. The van der Waals surface area contributed by atoms with E-state index in [0.29, 0.717) is 25.5 Å². The Labute approximate surface area is 140 Å². The van der Waals surface area contributed by atoms with Crippen LogP contribution in [-0.2, 0) is 4.79 Å². The van der Waals surface area contributed by atoms with E-state index < -0.39 is 5.25 Å². The van der Waals surface area contributed by atoms with Gasteiger partial charge in [0.25, 0.3) is 0 Å². The molecule has 2 rings (SSSR count). The van der Waals surface area contributed by atoms with Gasteiger partial charge in [-0.1, -0.05) is 29.3 Å². The lowest BCUT2D eigenvalue weighted by Gasteiger charge is -2.13. The number of nitrogens with one attached hydrogen (secondary N) is 1. The Balaban J connectivity index is 2.09. The van der Waals surface area contributed by atoms with Gasteiger partial charge in [-0.15, -0.1) is 23.1 Å². The standard InChI is InChI=1S/C14H10Cl2N2OS2/c1-8(21-12-10(15)3-2-4-11(12)16)13(19)18-14-9(7-17)5-6-20-14/h2-6,8H,1H3,(H,18,19)/t8-/m0/s1. The molecule has 0 fully saturated rings. The summed E-state index contributed by atoms with van der Waals surface area (Å²) in [5, 5.41) is 14.6. The molecule has 3 nitrogen and oxygen atoms in total. The number of thioether (sulfide) groups is 1. The summed E-state index contributed by atoms with van der Waals surface area (Å²) in [6.45, 7) is 1.76. The average Bonchev–Trinajstić information content (AvgIpc) is 2.90. The second-order valence-electron chi connectivity index (χ2n) is 4.08. The first kappa shape index (κ1) is 16.2. The van der Waals surface area contributed by atoms with Gasteiger partial charge in [0.05, 0.1) is 20.9 Å². The number of hydrogen-bond donors (Lipinski definition) is 1. The number of hydrogen-bond acceptors (Lipinski definition) is 4. The first-order valence-corrected chi connectivity index (χ1v) is 8.43. The van der Waals surface area contributed by atoms with Gasteiger partial charge in [0.2, 0.25) is 5.91 Å². The maximum atomic E-state index is 12.2. The fourth-order valence-corrected chi connectivity index (χ4v) is 3.82. The van der Waals surface area contributed by atoms with Gasteiger partial charge in [0.15, 0.2) is 0 Å². The fraction of sp³-hybridized carbons (Fsp3) is 0.143. The Morgan fingerprint density at radius 2 is 2.05 bits per heavy atom. The first-order chi connectivity index (χ1) is 10.0. The van der Waals surface area contributed by atoms with Crippen molar-refractivity contribution in [1.82, 2.24) is 0 Å². The highest BCUT2D eigenvalue weighted by molar-refractivity contribution is 8.00. The van der Waals surface area contributed by atoms with E-state index in [9.17, 15) is 4.79 Å². The van der Waals surface area contributed by atoms with Crippen molar-refractivity contribution >= 4 is 57.2 Å². The Morgan fingerprint density at radius 3 is 2.67 bits per heavy atom. The molecule has 1 aromatic carbocycles. The van der Waals surface area contributed by atoms with Gasteiger partial charge in [0, 0.05) is 4.90 Å². The minimum absolute atomic E-state index is 0.199. The SMILES string of the molecule is C[C@H](Sc1c(Cl)cccc1Cl)C(=O)Nc1sccc1C#N. The monoisotopic (exact) mass is 356 g/mol. The third kappa shape index (κ3) is 3.92. The largest absolute Gasteiger partial charge is 0.316 e. The highest BCUT2D eigenvalue weighted by Crippen LogP contribution is 2.36. The topological polar surface area (TPSA) is 52.9 Å². The van der Waals surface area contributed by atoms with Gasteiger partial charge in [-0.3, -0.25) is 4.79 Å². The van der Waals surface area contributed by atoms with E-state index in [1.165, 1.54) is 23.1 Å². The van der Waals surface area contributed by atoms with Crippen molar-refractivity contribution in [3.8, 4) is 6.07 Å². The second kappa shape index (κ2) is 7.19. The summed E-state index contributed by atoms with van der Waals surface area (Å²) in [7, 11) is 0. The molecular formula is C14H10Cl2N2OS2. The summed E-state index contributed by atoms with van der Waals surface area (Å²) in [5.74, 6) is -0.199. The zero-order chi connectivity index (χ0) is 15.4. The Kier molecular flexibility index (Phi) is 5.54. The van der Waals surface area contributed by atoms with E-state index >= 15 is 0 Å². The molecule has 0 aliphatic rings. The van der Waals surface area contributed by atoms with Crippen LogP contribution in [-0.4, -0.2) is 11.2 Å². The van der Waals surface area contributed by atoms with Crippen LogP contribution in [0.15, 0.2) is 34.5 Å². The number of halogens is 2. The summed E-state index contributed by atoms with van der Waals surface area (Å²) in [4.78, 5) is 12.9. The quantitative estimate of drug-likeness (QED) is 0.780. The van der Waals surface area contributed by atoms with Gasteiger partial charge in [-0.25, -0.2) is 0 Å². The van der Waals surface area contributed by atoms with Gasteiger partial charge in [-0.2, -0.15) is 5.26 Å². The Hall–Kier alpha value is -1.19. The maximum Gasteiger partial charge on any atom is 0.238 e. The average molecular weight is 357 g/mol. The van der Waals surface area contributed by atoms with Crippen LogP contribution < -0.4 is 5.32 Å². The normalized spacial score (nSPS) is 11.7. The molecule has 1 atom stereocenters. The predicted octanol–water partition coefficient (Wildman–Crippen LogP) is 5.05. The minimum Gasteiger partial charge on any atom is -0.316 e. The minimum atomic E-state index is -0.393. The molecule has 1 aromatic heterocycles. The third-order valence-electron chi connectivity index (χ3n) is 2.61. The number of nitrogens with zero attached hydrogens (tertiary/aromatic N) is 1. The predicted molar refractivity (Wildman–Crippen MR) is 89.4 cm³/mol. The molecular weight excluding hydrogens is 347 g/mol. The number of carbonyl (C=O) groups excluding carboxylic acids is 1. The first-order valence-electron chi connectivity index (χ1n) is 5.92. The zero-order valence-electron chi connectivity index (χ0n) is 10.9. The van der Waals surface area contributed by atoms with Crippen molar-refractivity contribution in [2.24, 2.45) is 0 Å². The van der Waals surface area contributed by atoms with E-state index in [0.717, 1.165) is 0 Å². The molecule has 21 heavy (non-hydrogen) atoms. The number of benzene rings is 1. The molecule has 0 radical (unpaired) electrons. The highest BCUT2D eigenvalue weighted by Gasteiger charge is 2.19. The van der Waals surface area contributed by atoms with Crippen molar-refractivity contribution in [1.29, 1.82) is 5.26 Å². The smallest absolute Gasteiger partial charge is 0.238 e. The number of nitriles is 1. The molecule has 1 heterocycles. The lowest BCUT2D eigenvalue weighted by atomic mass is 10.3. The van der Waals surface area contributed by atoms with Crippen LogP contribution in [0.2, 0.25) is 10.0 Å². The van der Waals surface area contributed by atoms with Crippen LogP contribution in [0.4, 0.5) is 5.00 Å². The van der Waals surface area contributed by atoms with E-state index in [2.05, 4.69) is 5.32 Å². The van der Waals surface area contributed by atoms with Crippen LogP contribution >= 0.6 is 46.3 Å². The van der Waals surface area contributed by atoms with Crippen LogP contribution in [0.3, 0.4) is 0 Å². The third-order valence-corrected chi connectivity index (χ3v) is 5.53. The number of amides is 1. The van der Waals surface area contributed by atoms with E-state index in [4.69, 9.17) is 28.5 Å². The van der Waals surface area contributed by atoms with Crippen LogP contribution in [0.5, 0.6) is 0 Å². The molecule has 0 saturated carbocycles. The summed E-state index contributed by atoms with van der Waals surface area (Å²) < 4.78 is 0. The van der Waals surface area contributed by atoms with Crippen molar-refractivity contribution in [2.75, 3.05) is 5.32 Å². The van der Waals surface area contributed by atoms with Gasteiger partial charge in [-0.05, 0) is 30.5 Å². The van der Waals surface area contributed by atoms with Crippen molar-refractivity contribution < 1.29 is 4.79 Å². The molecule has 0 unspecified atom stereocenters. The molecule has 1 amide bonds. The van der Waals surface area contributed by atoms with Crippen LogP contribution in [0, 0.1) is 11.3 Å².